The Labute approximate surface area is 186 Å². The summed E-state index contributed by atoms with van der Waals surface area (Å²) in [6.45, 7) is 0.882. The van der Waals surface area contributed by atoms with E-state index in [0.29, 0.717) is 31.7 Å². The number of nitrogens with two attached hydrogens (primary N) is 1. The molecule has 2 N–H and O–H groups in total. The summed E-state index contributed by atoms with van der Waals surface area (Å²) in [5.41, 5.74) is 8.17. The van der Waals surface area contributed by atoms with E-state index in [9.17, 15) is 9.59 Å². The molecule has 6 heteroatoms. The fourth-order valence-electron chi connectivity index (χ4n) is 4.26. The lowest BCUT2D eigenvalue weighted by Gasteiger charge is -2.26. The van der Waals surface area contributed by atoms with Crippen LogP contribution in [0.4, 0.5) is 0 Å². The van der Waals surface area contributed by atoms with Gasteiger partial charge in [0.05, 0.1) is 18.9 Å². The maximum absolute atomic E-state index is 12.9. The predicted octanol–water partition coefficient (Wildman–Crippen LogP) is 3.91. The number of hydrogen-bond acceptors (Lipinski definition) is 4. The molecule has 1 aliphatic heterocycles. The van der Waals surface area contributed by atoms with Gasteiger partial charge in [0.2, 0.25) is 11.8 Å². The van der Waals surface area contributed by atoms with Crippen molar-refractivity contribution < 1.29 is 14.3 Å². The van der Waals surface area contributed by atoms with Crippen LogP contribution in [-0.2, 0) is 22.4 Å². The maximum Gasteiger partial charge on any atom is 0.227 e. The van der Waals surface area contributed by atoms with Crippen LogP contribution in [0.15, 0.2) is 66.0 Å². The van der Waals surface area contributed by atoms with Crippen LogP contribution in [0.1, 0.15) is 17.5 Å². The number of benzene rings is 2. The van der Waals surface area contributed by atoms with E-state index in [4.69, 9.17) is 10.5 Å². The first kappa shape index (κ1) is 21.1. The summed E-state index contributed by atoms with van der Waals surface area (Å²) in [5.74, 6) is 0.338. The average Bonchev–Trinajstić information content (AvgIpc) is 3.46. The van der Waals surface area contributed by atoms with Gasteiger partial charge in [0, 0.05) is 23.5 Å². The Bertz CT molecular complexity index is 1060. The number of likely N-dealkylation sites (tertiary alicyclic amines) is 1. The first-order valence-corrected chi connectivity index (χ1v) is 11.2. The molecule has 0 bridgehead atoms. The van der Waals surface area contributed by atoms with Crippen molar-refractivity contribution in [2.45, 2.75) is 19.3 Å². The second-order valence-electron chi connectivity index (χ2n) is 8.05. The molecule has 4 rings (SSSR count). The number of carbonyl (C=O) groups excluding carboxylic acids is 2. The highest BCUT2D eigenvalue weighted by Crippen LogP contribution is 2.35. The number of methoxy groups -OCH3 is 1. The second kappa shape index (κ2) is 8.94. The first-order valence-electron chi connectivity index (χ1n) is 10.3. The molecule has 0 spiro atoms. The molecule has 1 atom stereocenters. The largest absolute Gasteiger partial charge is 0.496 e. The molecule has 1 fully saturated rings. The molecule has 2 amide bonds. The standard InChI is InChI=1S/C25H26N2O3S/c1-30-21-6-3-2-5-20(21)15-23(28)27-13-12-25(17-27,24(26)29)16-18-8-10-19(11-9-18)22-7-4-14-31-22/h2-11,14H,12-13,15-17H2,1H3,(H2,26,29)/t25-/m1/s1. The average molecular weight is 435 g/mol. The molecule has 1 aromatic heterocycles. The van der Waals surface area contributed by atoms with Crippen molar-refractivity contribution in [3.05, 3.63) is 77.2 Å². The van der Waals surface area contributed by atoms with Crippen LogP contribution in [0.25, 0.3) is 10.4 Å². The lowest BCUT2D eigenvalue weighted by atomic mass is 9.80. The summed E-state index contributed by atoms with van der Waals surface area (Å²) in [7, 11) is 1.60. The minimum atomic E-state index is -0.735. The van der Waals surface area contributed by atoms with Crippen LogP contribution in [0.2, 0.25) is 0 Å². The van der Waals surface area contributed by atoms with Crippen molar-refractivity contribution in [2.24, 2.45) is 11.1 Å². The minimum Gasteiger partial charge on any atom is -0.496 e. The molecule has 1 aliphatic rings. The van der Waals surface area contributed by atoms with E-state index in [0.717, 1.165) is 16.7 Å². The van der Waals surface area contributed by atoms with E-state index in [1.165, 1.54) is 4.88 Å². The van der Waals surface area contributed by atoms with Gasteiger partial charge in [-0.3, -0.25) is 9.59 Å². The number of nitrogens with zero attached hydrogens (tertiary/aromatic N) is 1. The zero-order valence-corrected chi connectivity index (χ0v) is 18.4. The van der Waals surface area contributed by atoms with Gasteiger partial charge in [-0.25, -0.2) is 0 Å². The summed E-state index contributed by atoms with van der Waals surface area (Å²) in [6, 6.07) is 19.9. The van der Waals surface area contributed by atoms with Crippen LogP contribution in [-0.4, -0.2) is 36.9 Å². The van der Waals surface area contributed by atoms with Crippen molar-refractivity contribution in [1.82, 2.24) is 4.90 Å². The van der Waals surface area contributed by atoms with Gasteiger partial charge < -0.3 is 15.4 Å². The fraction of sp³-hybridized carbons (Fsp3) is 0.280. The van der Waals surface area contributed by atoms with Gasteiger partial charge in [-0.15, -0.1) is 11.3 Å². The van der Waals surface area contributed by atoms with E-state index >= 15 is 0 Å². The van der Waals surface area contributed by atoms with Crippen LogP contribution in [0, 0.1) is 5.41 Å². The molecule has 160 valence electrons. The highest BCUT2D eigenvalue weighted by atomic mass is 32.1. The van der Waals surface area contributed by atoms with Gasteiger partial charge in [0.1, 0.15) is 5.75 Å². The highest BCUT2D eigenvalue weighted by molar-refractivity contribution is 7.13. The van der Waals surface area contributed by atoms with Gasteiger partial charge in [-0.1, -0.05) is 48.5 Å². The number of primary amides is 1. The molecule has 0 radical (unpaired) electrons. The molecule has 1 saturated heterocycles. The number of ether oxygens (including phenoxy) is 1. The lowest BCUT2D eigenvalue weighted by Crippen LogP contribution is -2.42. The van der Waals surface area contributed by atoms with Crippen LogP contribution in [0.5, 0.6) is 5.75 Å². The molecule has 5 nitrogen and oxygen atoms in total. The number of amides is 2. The Morgan fingerprint density at radius 3 is 2.55 bits per heavy atom. The molecule has 3 aromatic rings. The van der Waals surface area contributed by atoms with Crippen molar-refractivity contribution in [3.8, 4) is 16.2 Å². The first-order chi connectivity index (χ1) is 15.0. The van der Waals surface area contributed by atoms with Crippen LogP contribution >= 0.6 is 11.3 Å². The molecule has 2 aromatic carbocycles. The third-order valence-corrected chi connectivity index (χ3v) is 6.98. The zero-order chi connectivity index (χ0) is 21.8. The number of carbonyl (C=O) groups is 2. The SMILES string of the molecule is COc1ccccc1CC(=O)N1CC[C@](Cc2ccc(-c3cccs3)cc2)(C(N)=O)C1. The molecule has 2 heterocycles. The Morgan fingerprint density at radius 2 is 1.87 bits per heavy atom. The minimum absolute atomic E-state index is 0.0133. The van der Waals surface area contributed by atoms with Crippen molar-refractivity contribution in [1.29, 1.82) is 0 Å². The Kier molecular flexibility index (Phi) is 6.09. The van der Waals surface area contributed by atoms with E-state index in [1.54, 1.807) is 23.3 Å². The predicted molar refractivity (Wildman–Crippen MR) is 123 cm³/mol. The quantitative estimate of drug-likeness (QED) is 0.613. The highest BCUT2D eigenvalue weighted by Gasteiger charge is 2.44. The summed E-state index contributed by atoms with van der Waals surface area (Å²) in [4.78, 5) is 28.4. The van der Waals surface area contributed by atoms with Crippen LogP contribution < -0.4 is 10.5 Å². The number of para-hydroxylation sites is 1. The van der Waals surface area contributed by atoms with Gasteiger partial charge in [-0.05, 0) is 41.5 Å². The van der Waals surface area contributed by atoms with Gasteiger partial charge in [-0.2, -0.15) is 0 Å². The number of rotatable bonds is 7. The lowest BCUT2D eigenvalue weighted by molar-refractivity contribution is -0.131. The van der Waals surface area contributed by atoms with Crippen LogP contribution in [0.3, 0.4) is 0 Å². The fourth-order valence-corrected chi connectivity index (χ4v) is 5.00. The molecule has 0 unspecified atom stereocenters. The number of hydrogen-bond donors (Lipinski definition) is 1. The monoisotopic (exact) mass is 434 g/mol. The van der Waals surface area contributed by atoms with E-state index in [-0.39, 0.29) is 18.2 Å². The van der Waals surface area contributed by atoms with Crippen molar-refractivity contribution in [2.75, 3.05) is 20.2 Å². The van der Waals surface area contributed by atoms with E-state index < -0.39 is 5.41 Å². The summed E-state index contributed by atoms with van der Waals surface area (Å²) < 4.78 is 5.36. The van der Waals surface area contributed by atoms with E-state index in [1.807, 2.05) is 30.3 Å². The van der Waals surface area contributed by atoms with Gasteiger partial charge in [0.15, 0.2) is 0 Å². The molecule has 0 aliphatic carbocycles. The molecule has 31 heavy (non-hydrogen) atoms. The second-order valence-corrected chi connectivity index (χ2v) is 9.00. The smallest absolute Gasteiger partial charge is 0.227 e. The van der Waals surface area contributed by atoms with Gasteiger partial charge >= 0.3 is 0 Å². The molecular weight excluding hydrogens is 408 g/mol. The maximum atomic E-state index is 12.9. The summed E-state index contributed by atoms with van der Waals surface area (Å²) >= 11 is 1.70. The normalized spacial score (nSPS) is 18.2. The topological polar surface area (TPSA) is 72.6 Å². The number of thiophene rings is 1. The molecular formula is C25H26N2O3S. The third kappa shape index (κ3) is 4.49. The third-order valence-electron chi connectivity index (χ3n) is 6.07. The summed E-state index contributed by atoms with van der Waals surface area (Å²) in [6.07, 6.45) is 1.35. The van der Waals surface area contributed by atoms with Gasteiger partial charge in [0.25, 0.3) is 0 Å². The Hall–Kier alpha value is -3.12. The molecule has 0 saturated carbocycles. The Morgan fingerprint density at radius 1 is 1.10 bits per heavy atom. The summed E-state index contributed by atoms with van der Waals surface area (Å²) in [5, 5.41) is 2.06. The van der Waals surface area contributed by atoms with E-state index in [2.05, 4.69) is 35.7 Å². The zero-order valence-electron chi connectivity index (χ0n) is 17.5. The van der Waals surface area contributed by atoms with Crippen molar-refractivity contribution >= 4 is 23.2 Å². The van der Waals surface area contributed by atoms with Crippen molar-refractivity contribution in [3.63, 3.8) is 0 Å². The Balaban J connectivity index is 1.46.